The molecule has 0 N–H and O–H groups in total. The monoisotopic (exact) mass is 317 g/mol. The molecule has 0 aromatic carbocycles. The molecule has 7 nitrogen and oxygen atoms in total. The van der Waals surface area contributed by atoms with E-state index in [1.165, 1.54) is 7.05 Å². The van der Waals surface area contributed by atoms with Crippen molar-refractivity contribution in [2.75, 3.05) is 11.9 Å². The molecule has 10 heteroatoms. The second kappa shape index (κ2) is 6.10. The van der Waals surface area contributed by atoms with Gasteiger partial charge in [-0.2, -0.15) is 13.2 Å². The molecule has 1 amide bonds. The van der Waals surface area contributed by atoms with Crippen LogP contribution in [-0.4, -0.2) is 23.7 Å². The van der Waals surface area contributed by atoms with Gasteiger partial charge in [-0.25, -0.2) is 4.79 Å². The third-order valence-corrected chi connectivity index (χ3v) is 2.34. The lowest BCUT2D eigenvalue weighted by atomic mass is 10.2. The Morgan fingerprint density at radius 3 is 2.45 bits per heavy atom. The third-order valence-electron chi connectivity index (χ3n) is 2.34. The molecular weight excluding hydrogens is 303 g/mol. The number of nitrogens with zero attached hydrogens (tertiary/aromatic N) is 5. The van der Waals surface area contributed by atoms with Crippen molar-refractivity contribution in [3.05, 3.63) is 28.3 Å². The zero-order chi connectivity index (χ0) is 17.1. The normalized spacial score (nSPS) is 11.6. The Hall–Kier alpha value is -2.48. The second-order valence-electron chi connectivity index (χ2n) is 5.29. The average molecular weight is 317 g/mol. The highest BCUT2D eigenvalue weighted by molar-refractivity contribution is 5.90. The first-order valence-corrected chi connectivity index (χ1v) is 6.05. The van der Waals surface area contributed by atoms with Gasteiger partial charge in [0.15, 0.2) is 5.82 Å². The minimum absolute atomic E-state index is 0.304. The van der Waals surface area contributed by atoms with Crippen LogP contribution in [0, 0.1) is 0 Å². The molecular formula is C12H14F3N5O2. The summed E-state index contributed by atoms with van der Waals surface area (Å²) in [7, 11) is 1.20. The minimum atomic E-state index is -4.65. The highest BCUT2D eigenvalue weighted by atomic mass is 19.4. The molecule has 1 aromatic heterocycles. The zero-order valence-corrected chi connectivity index (χ0v) is 12.3. The summed E-state index contributed by atoms with van der Waals surface area (Å²) in [4.78, 5) is 18.7. The molecule has 0 aliphatic rings. The predicted octanol–water partition coefficient (Wildman–Crippen LogP) is 4.41. The molecule has 1 rings (SSSR count). The van der Waals surface area contributed by atoms with Gasteiger partial charge in [-0.1, -0.05) is 0 Å². The smallest absolute Gasteiger partial charge is 0.417 e. The summed E-state index contributed by atoms with van der Waals surface area (Å²) in [5.74, 6) is -0.358. The summed E-state index contributed by atoms with van der Waals surface area (Å²) < 4.78 is 43.3. The van der Waals surface area contributed by atoms with E-state index in [0.29, 0.717) is 12.3 Å². The summed E-state index contributed by atoms with van der Waals surface area (Å²) in [5.41, 5.74) is 6.23. The fourth-order valence-corrected chi connectivity index (χ4v) is 1.40. The summed E-state index contributed by atoms with van der Waals surface area (Å²) in [6.07, 6.45) is -5.02. The van der Waals surface area contributed by atoms with Gasteiger partial charge < -0.3 is 4.74 Å². The van der Waals surface area contributed by atoms with Crippen LogP contribution in [0.5, 0.6) is 0 Å². The van der Waals surface area contributed by atoms with Crippen LogP contribution in [0.3, 0.4) is 0 Å². The standard InChI is InChI=1S/C12H14F3N5O2/c1-11(2,3)22-10(21)20(4)8-5-7(12(13,14)15)6-17-9(8)18-19-16/h5-6H,1-4H3. The van der Waals surface area contributed by atoms with Gasteiger partial charge >= 0.3 is 12.3 Å². The topological polar surface area (TPSA) is 91.2 Å². The van der Waals surface area contributed by atoms with E-state index in [0.717, 1.165) is 4.90 Å². The average Bonchev–Trinajstić information content (AvgIpc) is 2.35. The van der Waals surface area contributed by atoms with Gasteiger partial charge in [0, 0.05) is 18.2 Å². The number of hydrogen-bond donors (Lipinski definition) is 0. The lowest BCUT2D eigenvalue weighted by Crippen LogP contribution is -2.34. The largest absolute Gasteiger partial charge is 0.443 e. The maximum atomic E-state index is 12.7. The lowest BCUT2D eigenvalue weighted by Gasteiger charge is -2.25. The Kier molecular flexibility index (Phi) is 4.87. The van der Waals surface area contributed by atoms with Crippen molar-refractivity contribution in [3.63, 3.8) is 0 Å². The van der Waals surface area contributed by atoms with Gasteiger partial charge in [0.2, 0.25) is 0 Å². The van der Waals surface area contributed by atoms with Crippen molar-refractivity contribution in [1.29, 1.82) is 0 Å². The maximum absolute atomic E-state index is 12.7. The molecule has 1 aromatic rings. The Morgan fingerprint density at radius 2 is 2.00 bits per heavy atom. The van der Waals surface area contributed by atoms with Gasteiger partial charge in [0.25, 0.3) is 0 Å². The summed E-state index contributed by atoms with van der Waals surface area (Å²) in [6, 6.07) is 0.668. The number of pyridine rings is 1. The van der Waals surface area contributed by atoms with E-state index in [2.05, 4.69) is 15.0 Å². The summed E-state index contributed by atoms with van der Waals surface area (Å²) >= 11 is 0. The minimum Gasteiger partial charge on any atom is -0.443 e. The van der Waals surface area contributed by atoms with E-state index >= 15 is 0 Å². The van der Waals surface area contributed by atoms with E-state index in [1.54, 1.807) is 20.8 Å². The van der Waals surface area contributed by atoms with Gasteiger partial charge in [0.05, 0.1) is 11.3 Å². The number of carbonyl (C=O) groups is 1. The van der Waals surface area contributed by atoms with Crippen LogP contribution in [0.1, 0.15) is 26.3 Å². The van der Waals surface area contributed by atoms with Crippen molar-refractivity contribution in [2.24, 2.45) is 5.11 Å². The first-order valence-electron chi connectivity index (χ1n) is 6.05. The number of azide groups is 1. The summed E-state index contributed by atoms with van der Waals surface area (Å²) in [5, 5.41) is 3.18. The Labute approximate surface area is 124 Å². The van der Waals surface area contributed by atoms with Gasteiger partial charge in [-0.05, 0) is 37.5 Å². The number of rotatable bonds is 2. The van der Waals surface area contributed by atoms with Crippen LogP contribution in [0.2, 0.25) is 0 Å². The number of hydrogen-bond acceptors (Lipinski definition) is 4. The van der Waals surface area contributed by atoms with E-state index in [9.17, 15) is 18.0 Å². The van der Waals surface area contributed by atoms with Crippen LogP contribution < -0.4 is 4.90 Å². The van der Waals surface area contributed by atoms with Gasteiger partial charge in [-0.3, -0.25) is 9.88 Å². The molecule has 120 valence electrons. The number of amides is 1. The van der Waals surface area contributed by atoms with Crippen molar-refractivity contribution in [1.82, 2.24) is 4.98 Å². The molecule has 0 fully saturated rings. The van der Waals surface area contributed by atoms with Crippen molar-refractivity contribution in [2.45, 2.75) is 32.5 Å². The molecule has 0 bridgehead atoms. The van der Waals surface area contributed by atoms with Crippen LogP contribution in [-0.2, 0) is 10.9 Å². The lowest BCUT2D eigenvalue weighted by molar-refractivity contribution is -0.137. The van der Waals surface area contributed by atoms with E-state index < -0.39 is 23.4 Å². The Morgan fingerprint density at radius 1 is 1.41 bits per heavy atom. The molecule has 0 spiro atoms. The number of alkyl halides is 3. The molecule has 22 heavy (non-hydrogen) atoms. The van der Waals surface area contributed by atoms with Crippen LogP contribution in [0.4, 0.5) is 29.5 Å². The van der Waals surface area contributed by atoms with Crippen LogP contribution in [0.25, 0.3) is 10.4 Å². The number of aromatic nitrogens is 1. The molecule has 0 aliphatic heterocycles. The van der Waals surface area contributed by atoms with Crippen molar-refractivity contribution >= 4 is 17.6 Å². The zero-order valence-electron chi connectivity index (χ0n) is 12.3. The van der Waals surface area contributed by atoms with E-state index in [-0.39, 0.29) is 11.5 Å². The third kappa shape index (κ3) is 4.52. The number of anilines is 1. The fourth-order valence-electron chi connectivity index (χ4n) is 1.40. The van der Waals surface area contributed by atoms with Crippen LogP contribution >= 0.6 is 0 Å². The molecule has 0 saturated heterocycles. The molecule has 0 aliphatic carbocycles. The first-order chi connectivity index (χ1) is 9.95. The molecule has 0 saturated carbocycles. The second-order valence-corrected chi connectivity index (χ2v) is 5.29. The summed E-state index contributed by atoms with van der Waals surface area (Å²) in [6.45, 7) is 4.83. The van der Waals surface area contributed by atoms with Crippen molar-refractivity contribution in [3.8, 4) is 0 Å². The number of halogens is 3. The molecule has 0 atom stereocenters. The first kappa shape index (κ1) is 17.6. The van der Waals surface area contributed by atoms with E-state index in [4.69, 9.17) is 10.3 Å². The molecule has 0 unspecified atom stereocenters. The SMILES string of the molecule is CN(C(=O)OC(C)(C)C)c1cc(C(F)(F)F)cnc1N=[N+]=[N-]. The fraction of sp³-hybridized carbons (Fsp3) is 0.500. The van der Waals surface area contributed by atoms with E-state index in [1.807, 2.05) is 0 Å². The van der Waals surface area contributed by atoms with Gasteiger partial charge in [-0.15, -0.1) is 0 Å². The molecule has 0 radical (unpaired) electrons. The Bertz CT molecular complexity index is 618. The quantitative estimate of drug-likeness (QED) is 0.459. The molecule has 1 heterocycles. The maximum Gasteiger partial charge on any atom is 0.417 e. The van der Waals surface area contributed by atoms with Crippen LogP contribution in [0.15, 0.2) is 17.4 Å². The number of carbonyl (C=O) groups excluding carboxylic acids is 1. The highest BCUT2D eigenvalue weighted by Crippen LogP contribution is 2.35. The highest BCUT2D eigenvalue weighted by Gasteiger charge is 2.33. The number of ether oxygens (including phenoxy) is 1. The van der Waals surface area contributed by atoms with Gasteiger partial charge in [0.1, 0.15) is 5.60 Å². The van der Waals surface area contributed by atoms with Crippen molar-refractivity contribution < 1.29 is 22.7 Å². The Balaban J connectivity index is 3.29. The predicted molar refractivity (Wildman–Crippen MR) is 72.7 cm³/mol.